The van der Waals surface area contributed by atoms with Crippen molar-refractivity contribution in [2.45, 2.75) is 31.8 Å². The van der Waals surface area contributed by atoms with E-state index in [0.717, 1.165) is 50.9 Å². The van der Waals surface area contributed by atoms with Gasteiger partial charge in [-0.25, -0.2) is 4.98 Å². The number of halogens is 1. The van der Waals surface area contributed by atoms with E-state index in [9.17, 15) is 0 Å². The molecule has 2 fully saturated rings. The van der Waals surface area contributed by atoms with Gasteiger partial charge in [-0.05, 0) is 37.3 Å². The highest BCUT2D eigenvalue weighted by molar-refractivity contribution is 14.0. The molecule has 2 saturated heterocycles. The third-order valence-corrected chi connectivity index (χ3v) is 5.39. The number of nitrogens with zero attached hydrogens (tertiary/aromatic N) is 4. The molecule has 0 aliphatic carbocycles. The Labute approximate surface area is 188 Å². The number of likely N-dealkylation sites (tertiary alicyclic amines) is 1. The first-order chi connectivity index (χ1) is 13.8. The molecule has 0 spiro atoms. The van der Waals surface area contributed by atoms with Crippen molar-refractivity contribution in [1.29, 1.82) is 0 Å². The lowest BCUT2D eigenvalue weighted by atomic mass is 10.0. The second-order valence-corrected chi connectivity index (χ2v) is 7.46. The molecule has 2 aromatic rings. The summed E-state index contributed by atoms with van der Waals surface area (Å²) in [7, 11) is 1.79. The molecule has 160 valence electrons. The van der Waals surface area contributed by atoms with E-state index >= 15 is 0 Å². The molecular weight excluding hydrogens is 485 g/mol. The Hall–Kier alpha value is -1.66. The first-order valence-corrected chi connectivity index (χ1v) is 10.0. The zero-order valence-electron chi connectivity index (χ0n) is 16.8. The second-order valence-electron chi connectivity index (χ2n) is 7.46. The molecule has 0 bridgehead atoms. The molecule has 1 unspecified atom stereocenters. The van der Waals surface area contributed by atoms with Crippen LogP contribution < -0.4 is 10.6 Å². The summed E-state index contributed by atoms with van der Waals surface area (Å²) in [5.74, 6) is 3.46. The summed E-state index contributed by atoms with van der Waals surface area (Å²) in [6.45, 7) is 5.80. The number of aromatic amines is 1. The van der Waals surface area contributed by atoms with Crippen molar-refractivity contribution < 1.29 is 9.15 Å². The van der Waals surface area contributed by atoms with E-state index < -0.39 is 0 Å². The van der Waals surface area contributed by atoms with E-state index in [1.165, 1.54) is 13.0 Å². The van der Waals surface area contributed by atoms with Crippen LogP contribution in [0, 0.1) is 5.92 Å². The van der Waals surface area contributed by atoms with E-state index in [2.05, 4.69) is 35.7 Å². The van der Waals surface area contributed by atoms with Gasteiger partial charge in [-0.2, -0.15) is 0 Å². The SMILES string of the molecule is CN=C(NCc1nc(-c2ccco2)n[nH]1)NC1CCN(CC2CCOC2)CC1.I. The zero-order chi connectivity index (χ0) is 19.2. The summed E-state index contributed by atoms with van der Waals surface area (Å²) >= 11 is 0. The molecular formula is C19H30IN7O2. The molecule has 10 heteroatoms. The number of hydrogen-bond acceptors (Lipinski definition) is 6. The topological polar surface area (TPSA) is 104 Å². The van der Waals surface area contributed by atoms with Crippen molar-refractivity contribution in [2.75, 3.05) is 39.9 Å². The van der Waals surface area contributed by atoms with Gasteiger partial charge in [0.25, 0.3) is 0 Å². The molecule has 0 aromatic carbocycles. The summed E-state index contributed by atoms with van der Waals surface area (Å²) < 4.78 is 10.8. The van der Waals surface area contributed by atoms with Gasteiger partial charge in [-0.1, -0.05) is 0 Å². The van der Waals surface area contributed by atoms with Crippen LogP contribution in [-0.4, -0.2) is 72.0 Å². The molecule has 0 radical (unpaired) electrons. The molecule has 4 heterocycles. The fraction of sp³-hybridized carbons (Fsp3) is 0.632. The predicted octanol–water partition coefficient (Wildman–Crippen LogP) is 1.85. The molecule has 2 aliphatic heterocycles. The summed E-state index contributed by atoms with van der Waals surface area (Å²) in [6.07, 6.45) is 5.07. The second kappa shape index (κ2) is 10.9. The lowest BCUT2D eigenvalue weighted by Gasteiger charge is -2.34. The number of nitrogens with one attached hydrogen (secondary N) is 3. The summed E-state index contributed by atoms with van der Waals surface area (Å²) in [6, 6.07) is 4.10. The molecule has 4 rings (SSSR count). The van der Waals surface area contributed by atoms with Gasteiger partial charge in [0.1, 0.15) is 5.82 Å². The monoisotopic (exact) mass is 515 g/mol. The smallest absolute Gasteiger partial charge is 0.216 e. The average molecular weight is 515 g/mol. The first-order valence-electron chi connectivity index (χ1n) is 10.0. The van der Waals surface area contributed by atoms with Crippen LogP contribution in [0.1, 0.15) is 25.1 Å². The first kappa shape index (κ1) is 22.0. The number of furan rings is 1. The van der Waals surface area contributed by atoms with Crippen LogP contribution in [0.15, 0.2) is 27.8 Å². The maximum absolute atomic E-state index is 5.49. The van der Waals surface area contributed by atoms with Crippen molar-refractivity contribution in [3.8, 4) is 11.6 Å². The molecule has 0 amide bonds. The highest BCUT2D eigenvalue weighted by Crippen LogP contribution is 2.18. The van der Waals surface area contributed by atoms with E-state index in [-0.39, 0.29) is 24.0 Å². The number of piperidine rings is 1. The molecule has 0 saturated carbocycles. The van der Waals surface area contributed by atoms with Gasteiger partial charge in [0.15, 0.2) is 11.7 Å². The Morgan fingerprint density at radius 3 is 2.90 bits per heavy atom. The van der Waals surface area contributed by atoms with Crippen LogP contribution >= 0.6 is 24.0 Å². The molecule has 29 heavy (non-hydrogen) atoms. The maximum atomic E-state index is 5.49. The number of guanidine groups is 1. The average Bonchev–Trinajstić information content (AvgIpc) is 3.48. The van der Waals surface area contributed by atoms with Gasteiger partial charge in [-0.15, -0.1) is 29.1 Å². The van der Waals surface area contributed by atoms with Crippen LogP contribution in [0.25, 0.3) is 11.6 Å². The van der Waals surface area contributed by atoms with E-state index in [4.69, 9.17) is 9.15 Å². The molecule has 1 atom stereocenters. The minimum Gasteiger partial charge on any atom is -0.461 e. The molecule has 2 aromatic heterocycles. The quantitative estimate of drug-likeness (QED) is 0.307. The molecule has 9 nitrogen and oxygen atoms in total. The van der Waals surface area contributed by atoms with Gasteiger partial charge in [0.2, 0.25) is 5.82 Å². The largest absolute Gasteiger partial charge is 0.461 e. The van der Waals surface area contributed by atoms with Crippen LogP contribution in [0.2, 0.25) is 0 Å². The van der Waals surface area contributed by atoms with Gasteiger partial charge in [-0.3, -0.25) is 10.1 Å². The number of ether oxygens (including phenoxy) is 1. The fourth-order valence-corrected chi connectivity index (χ4v) is 3.80. The predicted molar refractivity (Wildman–Crippen MR) is 121 cm³/mol. The molecule has 2 aliphatic rings. The molecule has 3 N–H and O–H groups in total. The van der Waals surface area contributed by atoms with Gasteiger partial charge in [0.05, 0.1) is 19.4 Å². The van der Waals surface area contributed by atoms with Gasteiger partial charge >= 0.3 is 0 Å². The summed E-state index contributed by atoms with van der Waals surface area (Å²) in [5.41, 5.74) is 0. The Morgan fingerprint density at radius 1 is 1.34 bits per heavy atom. The minimum atomic E-state index is 0. The third-order valence-electron chi connectivity index (χ3n) is 5.39. The fourth-order valence-electron chi connectivity index (χ4n) is 3.80. The highest BCUT2D eigenvalue weighted by atomic mass is 127. The maximum Gasteiger partial charge on any atom is 0.216 e. The number of aromatic nitrogens is 3. The number of hydrogen-bond donors (Lipinski definition) is 3. The Morgan fingerprint density at radius 2 is 2.21 bits per heavy atom. The van der Waals surface area contributed by atoms with Crippen molar-refractivity contribution >= 4 is 29.9 Å². The lowest BCUT2D eigenvalue weighted by molar-refractivity contribution is 0.150. The van der Waals surface area contributed by atoms with Gasteiger partial charge in [0, 0.05) is 39.3 Å². The van der Waals surface area contributed by atoms with Crippen LogP contribution in [0.5, 0.6) is 0 Å². The summed E-state index contributed by atoms with van der Waals surface area (Å²) in [5, 5.41) is 14.0. The van der Waals surface area contributed by atoms with E-state index in [1.54, 1.807) is 13.3 Å². The standard InChI is InChI=1S/C19H29N7O2.HI/c1-20-19(21-11-17-23-18(25-24-17)16-3-2-9-28-16)22-15-4-7-26(8-5-15)12-14-6-10-27-13-14;/h2-3,9,14-15H,4-8,10-13H2,1H3,(H2,20,21,22)(H,23,24,25);1H. The van der Waals surface area contributed by atoms with Crippen molar-refractivity contribution in [2.24, 2.45) is 10.9 Å². The van der Waals surface area contributed by atoms with E-state index in [0.29, 0.717) is 30.1 Å². The Balaban J connectivity index is 0.00000240. The highest BCUT2D eigenvalue weighted by Gasteiger charge is 2.24. The van der Waals surface area contributed by atoms with Crippen molar-refractivity contribution in [3.05, 3.63) is 24.2 Å². The Bertz CT molecular complexity index is 750. The third kappa shape index (κ3) is 6.16. The Kier molecular flexibility index (Phi) is 8.30. The van der Waals surface area contributed by atoms with E-state index in [1.807, 2.05) is 12.1 Å². The number of H-pyrrole nitrogens is 1. The minimum absolute atomic E-state index is 0. The number of rotatable bonds is 6. The normalized spacial score (nSPS) is 21.1. The van der Waals surface area contributed by atoms with Gasteiger partial charge < -0.3 is 24.7 Å². The lowest BCUT2D eigenvalue weighted by Crippen LogP contribution is -2.49. The summed E-state index contributed by atoms with van der Waals surface area (Å²) in [4.78, 5) is 11.3. The van der Waals surface area contributed by atoms with Crippen LogP contribution in [0.4, 0.5) is 0 Å². The van der Waals surface area contributed by atoms with Crippen LogP contribution in [-0.2, 0) is 11.3 Å². The van der Waals surface area contributed by atoms with Crippen molar-refractivity contribution in [3.63, 3.8) is 0 Å². The zero-order valence-corrected chi connectivity index (χ0v) is 19.1. The van der Waals surface area contributed by atoms with Crippen LogP contribution in [0.3, 0.4) is 0 Å². The number of aliphatic imine (C=N–C) groups is 1. The van der Waals surface area contributed by atoms with Crippen molar-refractivity contribution in [1.82, 2.24) is 30.7 Å².